The molecule has 17 heavy (non-hydrogen) atoms. The van der Waals surface area contributed by atoms with Crippen LogP contribution in [-0.4, -0.2) is 18.3 Å². The minimum Gasteiger partial charge on any atom is -0.400 e. The topological polar surface area (TPSA) is 18.5 Å². The predicted molar refractivity (Wildman–Crippen MR) is 74.2 cm³/mol. The zero-order valence-corrected chi connectivity index (χ0v) is 11.9. The summed E-state index contributed by atoms with van der Waals surface area (Å²) in [6.45, 7) is 10.4. The molecule has 1 aliphatic heterocycles. The normalized spacial score (nSPS) is 22.5. The quantitative estimate of drug-likeness (QED) is 0.745. The van der Waals surface area contributed by atoms with E-state index in [1.165, 1.54) is 10.4 Å². The minimum atomic E-state index is -0.257. The maximum absolute atomic E-state index is 5.90. The summed E-state index contributed by atoms with van der Waals surface area (Å²) in [6.07, 6.45) is 2.09. The maximum Gasteiger partial charge on any atom is 0.487 e. The van der Waals surface area contributed by atoms with Gasteiger partial charge in [0.05, 0.1) is 11.2 Å². The number of aryl methyl sites for hydroxylation is 1. The molecule has 2 nitrogen and oxygen atoms in total. The van der Waals surface area contributed by atoms with Crippen molar-refractivity contribution in [2.24, 2.45) is 0 Å². The van der Waals surface area contributed by atoms with Crippen LogP contribution in [0, 0.1) is 6.92 Å². The van der Waals surface area contributed by atoms with Gasteiger partial charge in [-0.3, -0.25) is 0 Å². The Kier molecular flexibility index (Phi) is 3.23. The van der Waals surface area contributed by atoms with Gasteiger partial charge < -0.3 is 9.31 Å². The molecule has 0 amide bonds. The van der Waals surface area contributed by atoms with Crippen molar-refractivity contribution in [1.82, 2.24) is 0 Å². The average Bonchev–Trinajstić information content (AvgIpc) is 2.66. The van der Waals surface area contributed by atoms with Crippen LogP contribution in [-0.2, 0) is 9.31 Å². The molecule has 0 unspecified atom stereocenters. The highest BCUT2D eigenvalue weighted by Gasteiger charge is 2.49. The lowest BCUT2D eigenvalue weighted by Gasteiger charge is -2.32. The fourth-order valence-corrected chi connectivity index (χ4v) is 2.52. The van der Waals surface area contributed by atoms with Gasteiger partial charge in [-0.2, -0.15) is 0 Å². The molecule has 0 aromatic carbocycles. The van der Waals surface area contributed by atoms with Crippen LogP contribution in [0.4, 0.5) is 0 Å². The molecule has 4 heteroatoms. The van der Waals surface area contributed by atoms with Crippen molar-refractivity contribution in [2.45, 2.75) is 45.8 Å². The van der Waals surface area contributed by atoms with E-state index < -0.39 is 0 Å². The summed E-state index contributed by atoms with van der Waals surface area (Å²) < 4.78 is 11.8. The Hall–Kier alpha value is -0.575. The molecule has 0 radical (unpaired) electrons. The molecule has 0 bridgehead atoms. The lowest BCUT2D eigenvalue weighted by Crippen LogP contribution is -2.41. The molecule has 92 valence electrons. The summed E-state index contributed by atoms with van der Waals surface area (Å²) in [5, 5.41) is 2.10. The Morgan fingerprint density at radius 3 is 2.24 bits per heavy atom. The largest absolute Gasteiger partial charge is 0.487 e. The van der Waals surface area contributed by atoms with E-state index in [-0.39, 0.29) is 18.3 Å². The monoisotopic (exact) mass is 250 g/mol. The highest BCUT2D eigenvalue weighted by molar-refractivity contribution is 7.11. The van der Waals surface area contributed by atoms with Gasteiger partial charge in [0.1, 0.15) is 0 Å². The number of hydrogen-bond acceptors (Lipinski definition) is 3. The van der Waals surface area contributed by atoms with Crippen molar-refractivity contribution < 1.29 is 9.31 Å². The van der Waals surface area contributed by atoms with E-state index in [0.29, 0.717) is 0 Å². The summed E-state index contributed by atoms with van der Waals surface area (Å²) in [5.41, 5.74) is 0.779. The molecular formula is C13H19BO2S. The molecule has 1 aromatic rings. The van der Waals surface area contributed by atoms with Crippen molar-refractivity contribution in [1.29, 1.82) is 0 Å². The van der Waals surface area contributed by atoms with E-state index in [2.05, 4.69) is 52.1 Å². The van der Waals surface area contributed by atoms with Crippen LogP contribution in [0.5, 0.6) is 0 Å². The smallest absolute Gasteiger partial charge is 0.400 e. The predicted octanol–water partition coefficient (Wildman–Crippen LogP) is 3.70. The van der Waals surface area contributed by atoms with E-state index in [4.69, 9.17) is 9.31 Å². The van der Waals surface area contributed by atoms with Crippen LogP contribution in [0.1, 0.15) is 38.1 Å². The Labute approximate surface area is 108 Å². The van der Waals surface area contributed by atoms with Gasteiger partial charge in [-0.1, -0.05) is 12.1 Å². The van der Waals surface area contributed by atoms with Crippen molar-refractivity contribution >= 4 is 24.5 Å². The average molecular weight is 250 g/mol. The number of thiophene rings is 1. The highest BCUT2D eigenvalue weighted by atomic mass is 32.1. The Bertz CT molecular complexity index is 418. The molecule has 0 saturated carbocycles. The third kappa shape index (κ3) is 2.49. The van der Waals surface area contributed by atoms with Gasteiger partial charge in [0.2, 0.25) is 0 Å². The van der Waals surface area contributed by atoms with Gasteiger partial charge >= 0.3 is 7.12 Å². The van der Waals surface area contributed by atoms with E-state index >= 15 is 0 Å². The first-order valence-corrected chi connectivity index (χ1v) is 6.78. The second kappa shape index (κ2) is 4.27. The summed E-state index contributed by atoms with van der Waals surface area (Å²) in [7, 11) is -0.249. The standard InChI is InChI=1S/C13H19BO2S/c1-10-7-9-17-11(10)6-8-14-15-12(2,3)13(4,5)16-14/h6-9H,1-5H3. The lowest BCUT2D eigenvalue weighted by atomic mass is 9.90. The molecule has 0 spiro atoms. The fourth-order valence-electron chi connectivity index (χ4n) is 1.69. The van der Waals surface area contributed by atoms with Crippen molar-refractivity contribution in [3.05, 3.63) is 27.9 Å². The fraction of sp³-hybridized carbons (Fsp3) is 0.538. The van der Waals surface area contributed by atoms with Crippen LogP contribution >= 0.6 is 11.3 Å². The molecule has 1 aromatic heterocycles. The first kappa shape index (κ1) is 12.9. The van der Waals surface area contributed by atoms with Gasteiger partial charge in [-0.15, -0.1) is 11.3 Å². The first-order valence-electron chi connectivity index (χ1n) is 5.90. The molecule has 1 saturated heterocycles. The van der Waals surface area contributed by atoms with Gasteiger partial charge in [-0.05, 0) is 51.6 Å². The van der Waals surface area contributed by atoms with Crippen molar-refractivity contribution in [3.8, 4) is 0 Å². The van der Waals surface area contributed by atoms with Crippen LogP contribution in [0.3, 0.4) is 0 Å². The SMILES string of the molecule is Cc1ccsc1C=CB1OC(C)(C)C(C)(C)O1. The van der Waals surface area contributed by atoms with Crippen LogP contribution in [0.15, 0.2) is 17.4 Å². The zero-order valence-electron chi connectivity index (χ0n) is 11.1. The van der Waals surface area contributed by atoms with E-state index in [1.54, 1.807) is 11.3 Å². The van der Waals surface area contributed by atoms with Gasteiger partial charge in [0.15, 0.2) is 0 Å². The Morgan fingerprint density at radius 1 is 1.18 bits per heavy atom. The summed E-state index contributed by atoms with van der Waals surface area (Å²) >= 11 is 1.73. The molecule has 2 rings (SSSR count). The lowest BCUT2D eigenvalue weighted by molar-refractivity contribution is 0.00578. The molecular weight excluding hydrogens is 231 g/mol. The summed E-state index contributed by atoms with van der Waals surface area (Å²) in [4.78, 5) is 1.26. The van der Waals surface area contributed by atoms with E-state index in [1.807, 2.05) is 5.98 Å². The van der Waals surface area contributed by atoms with Crippen LogP contribution in [0.25, 0.3) is 6.08 Å². The van der Waals surface area contributed by atoms with Crippen LogP contribution < -0.4 is 0 Å². The molecule has 1 aliphatic rings. The second-order valence-electron chi connectivity index (χ2n) is 5.45. The second-order valence-corrected chi connectivity index (χ2v) is 6.40. The zero-order chi connectivity index (χ0) is 12.7. The molecule has 0 N–H and O–H groups in total. The van der Waals surface area contributed by atoms with Crippen molar-refractivity contribution in [2.75, 3.05) is 0 Å². The van der Waals surface area contributed by atoms with Crippen LogP contribution in [0.2, 0.25) is 0 Å². The van der Waals surface area contributed by atoms with Crippen molar-refractivity contribution in [3.63, 3.8) is 0 Å². The third-order valence-electron chi connectivity index (χ3n) is 3.58. The summed E-state index contributed by atoms with van der Waals surface area (Å²) in [5.74, 6) is 2.00. The van der Waals surface area contributed by atoms with Gasteiger partial charge in [0.25, 0.3) is 0 Å². The molecule has 0 atom stereocenters. The molecule has 0 aliphatic carbocycles. The van der Waals surface area contributed by atoms with Gasteiger partial charge in [0, 0.05) is 4.88 Å². The molecule has 2 heterocycles. The van der Waals surface area contributed by atoms with E-state index in [0.717, 1.165) is 0 Å². The number of rotatable bonds is 2. The first-order chi connectivity index (χ1) is 7.82. The minimum absolute atomic E-state index is 0.249. The summed E-state index contributed by atoms with van der Waals surface area (Å²) in [6, 6.07) is 2.12. The Morgan fingerprint density at radius 2 is 1.76 bits per heavy atom. The maximum atomic E-state index is 5.90. The van der Waals surface area contributed by atoms with E-state index in [9.17, 15) is 0 Å². The third-order valence-corrected chi connectivity index (χ3v) is 4.56. The Balaban J connectivity index is 2.08. The number of hydrogen-bond donors (Lipinski definition) is 0. The molecule has 1 fully saturated rings. The van der Waals surface area contributed by atoms with Gasteiger partial charge in [-0.25, -0.2) is 0 Å². The highest BCUT2D eigenvalue weighted by Crippen LogP contribution is 2.37.